The predicted molar refractivity (Wildman–Crippen MR) is 83.5 cm³/mol. The molecular weight excluding hydrogens is 272 g/mol. The second-order valence-electron chi connectivity index (χ2n) is 4.59. The number of nitrogens with two attached hydrogens (primary N) is 1. The summed E-state index contributed by atoms with van der Waals surface area (Å²) >= 11 is 4.97. The largest absolute Gasteiger partial charge is 0.393 e. The molecule has 3 N–H and O–H groups in total. The number of hydrogen-bond acceptors (Lipinski definition) is 3. The SMILES string of the molecule is CNC(=O)CCCn1c(CC(N)=S)nc2ccccc21. The first-order chi connectivity index (χ1) is 9.61. The number of fused-ring (bicyclic) bond motifs is 1. The van der Waals surface area contributed by atoms with Crippen LogP contribution in [0.5, 0.6) is 0 Å². The van der Waals surface area contributed by atoms with E-state index in [-0.39, 0.29) is 5.91 Å². The number of thiocarbonyl (C=S) groups is 1. The van der Waals surface area contributed by atoms with Crippen LogP contribution in [0.2, 0.25) is 0 Å². The van der Waals surface area contributed by atoms with Crippen LogP contribution in [0.1, 0.15) is 18.7 Å². The van der Waals surface area contributed by atoms with Crippen LogP contribution in [-0.2, 0) is 17.8 Å². The van der Waals surface area contributed by atoms with E-state index in [9.17, 15) is 4.79 Å². The highest BCUT2D eigenvalue weighted by molar-refractivity contribution is 7.80. The van der Waals surface area contributed by atoms with Crippen molar-refractivity contribution in [1.82, 2.24) is 14.9 Å². The van der Waals surface area contributed by atoms with Crippen molar-refractivity contribution >= 4 is 34.1 Å². The molecule has 5 nitrogen and oxygen atoms in total. The monoisotopic (exact) mass is 290 g/mol. The summed E-state index contributed by atoms with van der Waals surface area (Å²) in [5.74, 6) is 0.904. The third-order valence-electron chi connectivity index (χ3n) is 3.13. The lowest BCUT2D eigenvalue weighted by molar-refractivity contribution is -0.120. The average molecular weight is 290 g/mol. The van der Waals surface area contributed by atoms with Crippen LogP contribution < -0.4 is 11.1 Å². The normalized spacial score (nSPS) is 10.7. The molecule has 0 aliphatic heterocycles. The number of nitrogens with zero attached hydrogens (tertiary/aromatic N) is 2. The molecule has 6 heteroatoms. The molecule has 0 unspecified atom stereocenters. The lowest BCUT2D eigenvalue weighted by Crippen LogP contribution is -2.19. The van der Waals surface area contributed by atoms with Crippen molar-refractivity contribution < 1.29 is 4.79 Å². The highest BCUT2D eigenvalue weighted by Gasteiger charge is 2.11. The van der Waals surface area contributed by atoms with E-state index in [4.69, 9.17) is 18.0 Å². The van der Waals surface area contributed by atoms with E-state index in [2.05, 4.69) is 14.9 Å². The number of hydrogen-bond donors (Lipinski definition) is 2. The van der Waals surface area contributed by atoms with Crippen molar-refractivity contribution in [3.63, 3.8) is 0 Å². The molecule has 1 aromatic carbocycles. The average Bonchev–Trinajstić information content (AvgIpc) is 2.75. The quantitative estimate of drug-likeness (QED) is 0.789. The zero-order chi connectivity index (χ0) is 14.5. The van der Waals surface area contributed by atoms with Crippen LogP contribution in [0.4, 0.5) is 0 Å². The van der Waals surface area contributed by atoms with Gasteiger partial charge in [-0.2, -0.15) is 0 Å². The summed E-state index contributed by atoms with van der Waals surface area (Å²) in [5, 5.41) is 2.62. The molecule has 0 aliphatic rings. The molecule has 0 radical (unpaired) electrons. The Balaban J connectivity index is 2.23. The Hall–Kier alpha value is -1.95. The topological polar surface area (TPSA) is 72.9 Å². The number of para-hydroxylation sites is 2. The van der Waals surface area contributed by atoms with Gasteiger partial charge in [0, 0.05) is 20.0 Å². The summed E-state index contributed by atoms with van der Waals surface area (Å²) in [7, 11) is 1.65. The number of rotatable bonds is 6. The number of carbonyl (C=O) groups excluding carboxylic acids is 1. The molecule has 1 aromatic heterocycles. The van der Waals surface area contributed by atoms with Gasteiger partial charge in [-0.1, -0.05) is 24.4 Å². The van der Waals surface area contributed by atoms with Crippen molar-refractivity contribution in [3.05, 3.63) is 30.1 Å². The molecule has 0 atom stereocenters. The molecule has 106 valence electrons. The predicted octanol–water partition coefficient (Wildman–Crippen LogP) is 1.39. The summed E-state index contributed by atoms with van der Waals surface area (Å²) in [6.45, 7) is 0.728. The summed E-state index contributed by atoms with van der Waals surface area (Å²) in [6.07, 6.45) is 1.73. The van der Waals surface area contributed by atoms with Crippen molar-refractivity contribution in [2.45, 2.75) is 25.8 Å². The van der Waals surface area contributed by atoms with E-state index in [1.165, 1.54) is 0 Å². The molecule has 0 spiro atoms. The summed E-state index contributed by atoms with van der Waals surface area (Å²) in [4.78, 5) is 16.3. The molecule has 2 aromatic rings. The Bertz CT molecular complexity index is 635. The summed E-state index contributed by atoms with van der Waals surface area (Å²) in [5.41, 5.74) is 7.61. The van der Waals surface area contributed by atoms with Gasteiger partial charge in [0.15, 0.2) is 0 Å². The van der Waals surface area contributed by atoms with Crippen LogP contribution in [0, 0.1) is 0 Å². The number of aromatic nitrogens is 2. The maximum absolute atomic E-state index is 11.3. The molecule has 0 fully saturated rings. The zero-order valence-corrected chi connectivity index (χ0v) is 12.2. The molecule has 1 heterocycles. The number of benzene rings is 1. The van der Waals surface area contributed by atoms with Gasteiger partial charge in [0.1, 0.15) is 5.82 Å². The zero-order valence-electron chi connectivity index (χ0n) is 11.4. The van der Waals surface area contributed by atoms with Gasteiger partial charge in [0.2, 0.25) is 5.91 Å². The number of aryl methyl sites for hydroxylation is 1. The van der Waals surface area contributed by atoms with E-state index in [1.807, 2.05) is 24.3 Å². The van der Waals surface area contributed by atoms with Crippen molar-refractivity contribution in [1.29, 1.82) is 0 Å². The Kier molecular flexibility index (Phi) is 4.68. The third kappa shape index (κ3) is 3.33. The van der Waals surface area contributed by atoms with Crippen LogP contribution in [0.3, 0.4) is 0 Å². The van der Waals surface area contributed by atoms with Crippen LogP contribution in [0.15, 0.2) is 24.3 Å². The molecule has 0 saturated carbocycles. The lowest BCUT2D eigenvalue weighted by Gasteiger charge is -2.08. The van der Waals surface area contributed by atoms with Crippen molar-refractivity contribution in [2.75, 3.05) is 7.05 Å². The van der Waals surface area contributed by atoms with Gasteiger partial charge in [0.25, 0.3) is 0 Å². The fourth-order valence-electron chi connectivity index (χ4n) is 2.19. The minimum Gasteiger partial charge on any atom is -0.393 e. The van der Waals surface area contributed by atoms with Gasteiger partial charge in [-0.15, -0.1) is 0 Å². The molecule has 20 heavy (non-hydrogen) atoms. The first-order valence-corrected chi connectivity index (χ1v) is 6.95. The van der Waals surface area contributed by atoms with Crippen molar-refractivity contribution in [2.24, 2.45) is 5.73 Å². The van der Waals surface area contributed by atoms with Crippen molar-refractivity contribution in [3.8, 4) is 0 Å². The number of nitrogens with one attached hydrogen (secondary N) is 1. The van der Waals surface area contributed by atoms with E-state index < -0.39 is 0 Å². The maximum Gasteiger partial charge on any atom is 0.219 e. The minimum atomic E-state index is 0.0466. The Morgan fingerprint density at radius 2 is 2.20 bits per heavy atom. The second-order valence-corrected chi connectivity index (χ2v) is 5.11. The first kappa shape index (κ1) is 14.5. The van der Waals surface area contributed by atoms with Crippen LogP contribution >= 0.6 is 12.2 Å². The van der Waals surface area contributed by atoms with E-state index in [0.717, 1.165) is 29.8 Å². The van der Waals surface area contributed by atoms with Gasteiger partial charge in [-0.05, 0) is 18.6 Å². The smallest absolute Gasteiger partial charge is 0.219 e. The Morgan fingerprint density at radius 1 is 1.45 bits per heavy atom. The third-order valence-corrected chi connectivity index (χ3v) is 3.27. The number of imidazole rings is 1. The van der Waals surface area contributed by atoms with Gasteiger partial charge in [0.05, 0.1) is 22.4 Å². The fraction of sp³-hybridized carbons (Fsp3) is 0.357. The molecule has 0 aliphatic carbocycles. The van der Waals surface area contributed by atoms with Gasteiger partial charge in [-0.3, -0.25) is 4.79 Å². The van der Waals surface area contributed by atoms with Crippen LogP contribution in [-0.4, -0.2) is 27.5 Å². The molecule has 2 rings (SSSR count). The van der Waals surface area contributed by atoms with Gasteiger partial charge < -0.3 is 15.6 Å². The number of amides is 1. The molecular formula is C14H18N4OS. The molecule has 0 saturated heterocycles. The highest BCUT2D eigenvalue weighted by Crippen LogP contribution is 2.17. The van der Waals surface area contributed by atoms with E-state index in [1.54, 1.807) is 7.05 Å². The fourth-order valence-corrected chi connectivity index (χ4v) is 2.32. The molecule has 1 amide bonds. The number of carbonyl (C=O) groups is 1. The van der Waals surface area contributed by atoms with E-state index in [0.29, 0.717) is 17.8 Å². The minimum absolute atomic E-state index is 0.0466. The standard InChI is InChI=1S/C14H18N4OS/c1-16-14(19)7-4-8-18-11-6-3-2-5-10(11)17-13(18)9-12(15)20/h2-3,5-6H,4,7-9H2,1H3,(H2,15,20)(H,16,19). The van der Waals surface area contributed by atoms with Gasteiger partial charge in [-0.25, -0.2) is 4.98 Å². The van der Waals surface area contributed by atoms with Gasteiger partial charge >= 0.3 is 0 Å². The Morgan fingerprint density at radius 3 is 2.90 bits per heavy atom. The summed E-state index contributed by atoms with van der Waals surface area (Å²) < 4.78 is 2.09. The molecule has 0 bridgehead atoms. The summed E-state index contributed by atoms with van der Waals surface area (Å²) in [6, 6.07) is 7.91. The van der Waals surface area contributed by atoms with E-state index >= 15 is 0 Å². The van der Waals surface area contributed by atoms with Crippen LogP contribution in [0.25, 0.3) is 11.0 Å². The maximum atomic E-state index is 11.3. The Labute approximate surface area is 123 Å². The second kappa shape index (κ2) is 6.47. The lowest BCUT2D eigenvalue weighted by atomic mass is 10.2. The first-order valence-electron chi connectivity index (χ1n) is 6.55. The highest BCUT2D eigenvalue weighted by atomic mass is 32.1.